The predicted octanol–water partition coefficient (Wildman–Crippen LogP) is 2.13. The first-order valence-corrected chi connectivity index (χ1v) is 6.56. The molecule has 7 nitrogen and oxygen atoms in total. The Labute approximate surface area is 122 Å². The molecule has 0 radical (unpaired) electrons. The highest BCUT2D eigenvalue weighted by Gasteiger charge is 2.26. The monoisotopic (exact) mass is 294 g/mol. The quantitative estimate of drug-likeness (QED) is 0.617. The number of aliphatic carboxylic acids is 1. The van der Waals surface area contributed by atoms with Crippen LogP contribution in [0.4, 0.5) is 5.69 Å². The second kappa shape index (κ2) is 6.83. The van der Waals surface area contributed by atoms with Gasteiger partial charge in [0.25, 0.3) is 11.6 Å². The van der Waals surface area contributed by atoms with Gasteiger partial charge in [-0.05, 0) is 24.5 Å². The molecule has 114 valence electrons. The van der Waals surface area contributed by atoms with Crippen LogP contribution in [-0.2, 0) is 4.79 Å². The highest BCUT2D eigenvalue weighted by molar-refractivity contribution is 5.97. The molecular weight excluding hydrogens is 276 g/mol. The van der Waals surface area contributed by atoms with Crippen molar-refractivity contribution < 1.29 is 19.6 Å². The van der Waals surface area contributed by atoms with Crippen LogP contribution in [0.1, 0.15) is 36.2 Å². The third kappa shape index (κ3) is 4.27. The molecule has 1 aromatic carbocycles. The van der Waals surface area contributed by atoms with E-state index in [0.29, 0.717) is 12.0 Å². The molecule has 1 aromatic rings. The van der Waals surface area contributed by atoms with Crippen LogP contribution in [0.5, 0.6) is 0 Å². The van der Waals surface area contributed by atoms with Gasteiger partial charge in [0.1, 0.15) is 6.04 Å². The van der Waals surface area contributed by atoms with Crippen molar-refractivity contribution in [2.75, 3.05) is 0 Å². The van der Waals surface area contributed by atoms with Crippen molar-refractivity contribution in [1.82, 2.24) is 5.32 Å². The van der Waals surface area contributed by atoms with Crippen LogP contribution in [0.25, 0.3) is 0 Å². The fourth-order valence-electron chi connectivity index (χ4n) is 1.91. The van der Waals surface area contributed by atoms with Gasteiger partial charge in [-0.3, -0.25) is 14.9 Å². The molecule has 0 saturated carbocycles. The van der Waals surface area contributed by atoms with Crippen molar-refractivity contribution >= 4 is 17.6 Å². The van der Waals surface area contributed by atoms with Crippen LogP contribution in [-0.4, -0.2) is 27.9 Å². The Morgan fingerprint density at radius 3 is 2.48 bits per heavy atom. The second-order valence-corrected chi connectivity index (χ2v) is 4.99. The van der Waals surface area contributed by atoms with Crippen molar-refractivity contribution in [3.05, 3.63) is 39.4 Å². The Morgan fingerprint density at radius 2 is 2.00 bits per heavy atom. The lowest BCUT2D eigenvalue weighted by Crippen LogP contribution is -2.45. The smallest absolute Gasteiger partial charge is 0.326 e. The Hall–Kier alpha value is -2.44. The first kappa shape index (κ1) is 16.6. The SMILES string of the molecule is CC[C@H](C)[C@H](NC(=O)c1cc(C)cc([N+](=O)[O-])c1)C(=O)O. The number of amides is 1. The topological polar surface area (TPSA) is 110 Å². The Balaban J connectivity index is 3.03. The van der Waals surface area contributed by atoms with Crippen molar-refractivity contribution in [3.63, 3.8) is 0 Å². The van der Waals surface area contributed by atoms with Crippen molar-refractivity contribution in [1.29, 1.82) is 0 Å². The van der Waals surface area contributed by atoms with Gasteiger partial charge >= 0.3 is 5.97 Å². The third-order valence-electron chi connectivity index (χ3n) is 3.30. The van der Waals surface area contributed by atoms with E-state index in [2.05, 4.69) is 5.32 Å². The number of nitrogens with zero attached hydrogens (tertiary/aromatic N) is 1. The van der Waals surface area contributed by atoms with Crippen LogP contribution in [0, 0.1) is 23.0 Å². The number of nitrogens with one attached hydrogen (secondary N) is 1. The number of nitro groups is 1. The zero-order valence-corrected chi connectivity index (χ0v) is 12.1. The lowest BCUT2D eigenvalue weighted by molar-refractivity contribution is -0.384. The summed E-state index contributed by atoms with van der Waals surface area (Å²) in [4.78, 5) is 33.5. The molecule has 0 aromatic heterocycles. The molecule has 1 rings (SSSR count). The van der Waals surface area contributed by atoms with Gasteiger partial charge in [-0.15, -0.1) is 0 Å². The molecule has 21 heavy (non-hydrogen) atoms. The highest BCUT2D eigenvalue weighted by Crippen LogP contribution is 2.17. The fraction of sp³-hybridized carbons (Fsp3) is 0.429. The first-order chi connectivity index (χ1) is 9.76. The molecule has 1 amide bonds. The average molecular weight is 294 g/mol. The maximum atomic E-state index is 12.1. The van der Waals surface area contributed by atoms with Crippen LogP contribution < -0.4 is 5.32 Å². The van der Waals surface area contributed by atoms with Gasteiger partial charge in [0.05, 0.1) is 4.92 Å². The van der Waals surface area contributed by atoms with Crippen LogP contribution in [0.2, 0.25) is 0 Å². The van der Waals surface area contributed by atoms with E-state index in [1.807, 2.05) is 6.92 Å². The number of hydrogen-bond acceptors (Lipinski definition) is 4. The van der Waals surface area contributed by atoms with E-state index in [4.69, 9.17) is 5.11 Å². The minimum atomic E-state index is -1.13. The fourth-order valence-corrected chi connectivity index (χ4v) is 1.91. The zero-order chi connectivity index (χ0) is 16.2. The molecule has 2 N–H and O–H groups in total. The van der Waals surface area contributed by atoms with E-state index in [1.165, 1.54) is 12.1 Å². The summed E-state index contributed by atoms with van der Waals surface area (Å²) in [6.07, 6.45) is 0.589. The standard InChI is InChI=1S/C14H18N2O5/c1-4-9(3)12(14(18)19)15-13(17)10-5-8(2)6-11(7-10)16(20)21/h5-7,9,12H,4H2,1-3H3,(H,15,17)(H,18,19)/t9-,12-/m0/s1. The number of non-ortho nitro benzene ring substituents is 1. The Morgan fingerprint density at radius 1 is 1.38 bits per heavy atom. The molecule has 0 bridgehead atoms. The summed E-state index contributed by atoms with van der Waals surface area (Å²) in [5, 5.41) is 22.4. The first-order valence-electron chi connectivity index (χ1n) is 6.56. The lowest BCUT2D eigenvalue weighted by atomic mass is 9.98. The number of aryl methyl sites for hydroxylation is 1. The summed E-state index contributed by atoms with van der Waals surface area (Å²) in [5.74, 6) is -2.00. The van der Waals surface area contributed by atoms with Crippen LogP contribution in [0.15, 0.2) is 18.2 Å². The van der Waals surface area contributed by atoms with Gasteiger partial charge < -0.3 is 10.4 Å². The predicted molar refractivity (Wildman–Crippen MR) is 76.2 cm³/mol. The maximum absolute atomic E-state index is 12.1. The molecule has 0 fully saturated rings. The normalized spacial score (nSPS) is 13.3. The minimum Gasteiger partial charge on any atom is -0.480 e. The Bertz CT molecular complexity index is 570. The van der Waals surface area contributed by atoms with Gasteiger partial charge in [0.2, 0.25) is 0 Å². The van der Waals surface area contributed by atoms with Crippen molar-refractivity contribution in [3.8, 4) is 0 Å². The molecule has 0 spiro atoms. The summed E-state index contributed by atoms with van der Waals surface area (Å²) in [7, 11) is 0. The maximum Gasteiger partial charge on any atom is 0.326 e. The number of rotatable bonds is 6. The number of carboxylic acid groups (broad SMARTS) is 1. The summed E-state index contributed by atoms with van der Waals surface area (Å²) in [6, 6.07) is 2.94. The van der Waals surface area contributed by atoms with Gasteiger partial charge in [0.15, 0.2) is 0 Å². The van der Waals surface area contributed by atoms with Crippen LogP contribution >= 0.6 is 0 Å². The van der Waals surface area contributed by atoms with Gasteiger partial charge in [0, 0.05) is 17.7 Å². The van der Waals surface area contributed by atoms with Gasteiger partial charge in [-0.1, -0.05) is 20.3 Å². The number of hydrogen-bond donors (Lipinski definition) is 2. The number of benzene rings is 1. The summed E-state index contributed by atoms with van der Waals surface area (Å²) in [6.45, 7) is 5.18. The number of carbonyl (C=O) groups is 2. The lowest BCUT2D eigenvalue weighted by Gasteiger charge is -2.20. The molecular formula is C14H18N2O5. The second-order valence-electron chi connectivity index (χ2n) is 4.99. The summed E-state index contributed by atoms with van der Waals surface area (Å²) >= 11 is 0. The minimum absolute atomic E-state index is 0.0799. The summed E-state index contributed by atoms with van der Waals surface area (Å²) < 4.78 is 0. The van der Waals surface area contributed by atoms with E-state index >= 15 is 0 Å². The number of carboxylic acids is 1. The molecule has 0 aliphatic rings. The molecule has 0 unspecified atom stereocenters. The highest BCUT2D eigenvalue weighted by atomic mass is 16.6. The average Bonchev–Trinajstić information content (AvgIpc) is 2.42. The molecule has 0 aliphatic heterocycles. The third-order valence-corrected chi connectivity index (χ3v) is 3.30. The number of carbonyl (C=O) groups excluding carboxylic acids is 1. The molecule has 7 heteroatoms. The number of nitro benzene ring substituents is 1. The van der Waals surface area contributed by atoms with Gasteiger partial charge in [-0.2, -0.15) is 0 Å². The molecule has 0 saturated heterocycles. The van der Waals surface area contributed by atoms with E-state index < -0.39 is 22.8 Å². The van der Waals surface area contributed by atoms with E-state index in [9.17, 15) is 19.7 Å². The van der Waals surface area contributed by atoms with E-state index in [-0.39, 0.29) is 17.2 Å². The largest absolute Gasteiger partial charge is 0.480 e. The van der Waals surface area contributed by atoms with E-state index in [1.54, 1.807) is 13.8 Å². The molecule has 0 heterocycles. The molecule has 2 atom stereocenters. The Kier molecular flexibility index (Phi) is 5.40. The van der Waals surface area contributed by atoms with E-state index in [0.717, 1.165) is 6.07 Å². The summed E-state index contributed by atoms with van der Waals surface area (Å²) in [5.41, 5.74) is 0.441. The van der Waals surface area contributed by atoms with Crippen molar-refractivity contribution in [2.45, 2.75) is 33.2 Å². The zero-order valence-electron chi connectivity index (χ0n) is 12.1. The van der Waals surface area contributed by atoms with Gasteiger partial charge in [-0.25, -0.2) is 4.79 Å². The van der Waals surface area contributed by atoms with Crippen LogP contribution in [0.3, 0.4) is 0 Å². The molecule has 0 aliphatic carbocycles. The van der Waals surface area contributed by atoms with Crippen molar-refractivity contribution in [2.24, 2.45) is 5.92 Å².